The maximum absolute atomic E-state index is 14.1. The van der Waals surface area contributed by atoms with Crippen LogP contribution in [0.4, 0.5) is 5.69 Å². The fourth-order valence-electron chi connectivity index (χ4n) is 4.17. The number of amides is 2. The molecule has 3 rings (SSSR count). The summed E-state index contributed by atoms with van der Waals surface area (Å²) in [6.07, 6.45) is 0.313. The van der Waals surface area contributed by atoms with E-state index in [1.165, 1.54) is 48.4 Å². The maximum atomic E-state index is 14.1. The molecule has 0 saturated carbocycles. The first-order valence-corrected chi connectivity index (χ1v) is 15.2. The molecular formula is C30H35Cl2N3O5S. The summed E-state index contributed by atoms with van der Waals surface area (Å²) in [5, 5.41) is 3.89. The Bertz CT molecular complexity index is 1440. The van der Waals surface area contributed by atoms with E-state index in [2.05, 4.69) is 5.32 Å². The van der Waals surface area contributed by atoms with Crippen LogP contribution in [0.25, 0.3) is 0 Å². The van der Waals surface area contributed by atoms with Crippen molar-refractivity contribution >= 4 is 50.7 Å². The van der Waals surface area contributed by atoms with Gasteiger partial charge < -0.3 is 15.0 Å². The van der Waals surface area contributed by atoms with Gasteiger partial charge in [0.25, 0.3) is 10.0 Å². The van der Waals surface area contributed by atoms with Crippen molar-refractivity contribution in [3.63, 3.8) is 0 Å². The number of hydrogen-bond donors (Lipinski definition) is 1. The number of halogens is 2. The van der Waals surface area contributed by atoms with E-state index in [0.29, 0.717) is 22.2 Å². The Balaban J connectivity index is 2.06. The lowest BCUT2D eigenvalue weighted by Gasteiger charge is -2.34. The van der Waals surface area contributed by atoms with Crippen molar-refractivity contribution in [2.24, 2.45) is 0 Å². The lowest BCUT2D eigenvalue weighted by atomic mass is 10.1. The summed E-state index contributed by atoms with van der Waals surface area (Å²) in [5.74, 6) is -0.399. The summed E-state index contributed by atoms with van der Waals surface area (Å²) < 4.78 is 34.0. The Labute approximate surface area is 252 Å². The molecule has 1 N–H and O–H groups in total. The van der Waals surface area contributed by atoms with Gasteiger partial charge in [-0.05, 0) is 93.4 Å². The minimum absolute atomic E-state index is 0.0252. The van der Waals surface area contributed by atoms with Crippen molar-refractivity contribution in [2.75, 3.05) is 18.0 Å². The van der Waals surface area contributed by atoms with E-state index in [1.807, 2.05) is 20.8 Å². The smallest absolute Gasteiger partial charge is 0.264 e. The lowest BCUT2D eigenvalue weighted by Crippen LogP contribution is -2.55. The van der Waals surface area contributed by atoms with E-state index < -0.39 is 34.1 Å². The fourth-order valence-corrected chi connectivity index (χ4v) is 5.84. The van der Waals surface area contributed by atoms with Crippen LogP contribution in [-0.4, -0.2) is 50.4 Å². The number of nitrogens with one attached hydrogen (secondary N) is 1. The minimum atomic E-state index is -4.21. The number of carbonyl (C=O) groups excluding carboxylic acids is 2. The lowest BCUT2D eigenvalue weighted by molar-refractivity contribution is -0.141. The number of anilines is 1. The number of methoxy groups -OCH3 is 1. The molecule has 0 heterocycles. The molecule has 0 aromatic heterocycles. The summed E-state index contributed by atoms with van der Waals surface area (Å²) in [7, 11) is -2.73. The van der Waals surface area contributed by atoms with Crippen LogP contribution in [0.5, 0.6) is 5.75 Å². The second kappa shape index (κ2) is 13.6. The molecule has 2 amide bonds. The second-order valence-electron chi connectivity index (χ2n) is 10.5. The summed E-state index contributed by atoms with van der Waals surface area (Å²) in [4.78, 5) is 28.8. The van der Waals surface area contributed by atoms with E-state index in [1.54, 1.807) is 43.3 Å². The highest BCUT2D eigenvalue weighted by Crippen LogP contribution is 2.27. The van der Waals surface area contributed by atoms with Crippen molar-refractivity contribution in [1.29, 1.82) is 0 Å². The van der Waals surface area contributed by atoms with Gasteiger partial charge in [0.15, 0.2) is 0 Å². The molecule has 8 nitrogen and oxygen atoms in total. The van der Waals surface area contributed by atoms with Crippen LogP contribution < -0.4 is 14.4 Å². The molecule has 0 spiro atoms. The third-order valence-electron chi connectivity index (χ3n) is 6.19. The van der Waals surface area contributed by atoms with Gasteiger partial charge in [-0.2, -0.15) is 0 Å². The zero-order valence-corrected chi connectivity index (χ0v) is 26.1. The Morgan fingerprint density at radius 2 is 1.44 bits per heavy atom. The number of sulfonamides is 1. The highest BCUT2D eigenvalue weighted by molar-refractivity contribution is 7.92. The van der Waals surface area contributed by atoms with Crippen LogP contribution in [0.15, 0.2) is 77.7 Å². The van der Waals surface area contributed by atoms with Crippen molar-refractivity contribution in [2.45, 2.75) is 57.1 Å². The van der Waals surface area contributed by atoms with Crippen LogP contribution in [-0.2, 0) is 26.2 Å². The minimum Gasteiger partial charge on any atom is -0.497 e. The molecule has 220 valence electrons. The molecule has 1 atom stereocenters. The molecule has 0 bridgehead atoms. The van der Waals surface area contributed by atoms with E-state index in [-0.39, 0.29) is 23.0 Å². The molecule has 3 aromatic rings. The zero-order chi connectivity index (χ0) is 30.4. The summed E-state index contributed by atoms with van der Waals surface area (Å²) >= 11 is 12.1. The Kier molecular flexibility index (Phi) is 10.7. The SMILES string of the molecule is CC[C@@H](C(=O)NC(C)(C)C)N(Cc1ccc(Cl)cc1)C(=O)CN(c1ccc(Cl)cc1)S(=O)(=O)c1ccc(OC)cc1. The molecule has 0 aliphatic carbocycles. The number of rotatable bonds is 11. The van der Waals surface area contributed by atoms with E-state index in [9.17, 15) is 18.0 Å². The molecule has 0 unspecified atom stereocenters. The number of benzene rings is 3. The highest BCUT2D eigenvalue weighted by Gasteiger charge is 2.34. The predicted octanol–water partition coefficient (Wildman–Crippen LogP) is 5.92. The molecule has 41 heavy (non-hydrogen) atoms. The molecule has 0 saturated heterocycles. The molecular weight excluding hydrogens is 585 g/mol. The predicted molar refractivity (Wildman–Crippen MR) is 163 cm³/mol. The van der Waals surface area contributed by atoms with Crippen molar-refractivity contribution in [1.82, 2.24) is 10.2 Å². The largest absolute Gasteiger partial charge is 0.497 e. The van der Waals surface area contributed by atoms with Crippen LogP contribution in [0, 0.1) is 0 Å². The van der Waals surface area contributed by atoms with Crippen molar-refractivity contribution < 1.29 is 22.7 Å². The summed E-state index contributed by atoms with van der Waals surface area (Å²) in [5.41, 5.74) is 0.449. The summed E-state index contributed by atoms with van der Waals surface area (Å²) in [6.45, 7) is 6.89. The Morgan fingerprint density at radius 3 is 1.93 bits per heavy atom. The Morgan fingerprint density at radius 1 is 0.902 bits per heavy atom. The van der Waals surface area contributed by atoms with Gasteiger partial charge in [0.2, 0.25) is 11.8 Å². The number of ether oxygens (including phenoxy) is 1. The van der Waals surface area contributed by atoms with Crippen LogP contribution >= 0.6 is 23.2 Å². The van der Waals surface area contributed by atoms with Gasteiger partial charge in [-0.15, -0.1) is 0 Å². The molecule has 11 heteroatoms. The molecule has 3 aromatic carbocycles. The average Bonchev–Trinajstić information content (AvgIpc) is 2.92. The first-order chi connectivity index (χ1) is 19.2. The van der Waals surface area contributed by atoms with Gasteiger partial charge in [-0.3, -0.25) is 13.9 Å². The third kappa shape index (κ3) is 8.61. The maximum Gasteiger partial charge on any atom is 0.264 e. The molecule has 0 aliphatic rings. The van der Waals surface area contributed by atoms with Gasteiger partial charge in [0.05, 0.1) is 17.7 Å². The number of carbonyl (C=O) groups is 2. The van der Waals surface area contributed by atoms with Crippen LogP contribution in [0.2, 0.25) is 10.0 Å². The highest BCUT2D eigenvalue weighted by atomic mass is 35.5. The number of hydrogen-bond acceptors (Lipinski definition) is 5. The quantitative estimate of drug-likeness (QED) is 0.287. The van der Waals surface area contributed by atoms with Gasteiger partial charge in [0.1, 0.15) is 18.3 Å². The normalized spacial score (nSPS) is 12.4. The average molecular weight is 621 g/mol. The first kappa shape index (κ1) is 32.2. The fraction of sp³-hybridized carbons (Fsp3) is 0.333. The van der Waals surface area contributed by atoms with Crippen molar-refractivity contribution in [3.05, 3.63) is 88.4 Å². The van der Waals surface area contributed by atoms with Crippen molar-refractivity contribution in [3.8, 4) is 5.75 Å². The van der Waals surface area contributed by atoms with Gasteiger partial charge in [-0.1, -0.05) is 42.3 Å². The molecule has 0 radical (unpaired) electrons. The second-order valence-corrected chi connectivity index (χ2v) is 13.2. The zero-order valence-electron chi connectivity index (χ0n) is 23.7. The topological polar surface area (TPSA) is 96.0 Å². The van der Waals surface area contributed by atoms with Gasteiger partial charge >= 0.3 is 0 Å². The summed E-state index contributed by atoms with van der Waals surface area (Å²) in [6, 6.07) is 18.1. The van der Waals surface area contributed by atoms with E-state index in [4.69, 9.17) is 27.9 Å². The third-order valence-corrected chi connectivity index (χ3v) is 8.48. The van der Waals surface area contributed by atoms with Crippen LogP contribution in [0.1, 0.15) is 39.7 Å². The Hall–Kier alpha value is -3.27. The van der Waals surface area contributed by atoms with E-state index in [0.717, 1.165) is 9.87 Å². The first-order valence-electron chi connectivity index (χ1n) is 13.0. The van der Waals surface area contributed by atoms with E-state index >= 15 is 0 Å². The van der Waals surface area contributed by atoms with Gasteiger partial charge in [0, 0.05) is 22.1 Å². The van der Waals surface area contributed by atoms with Gasteiger partial charge in [-0.25, -0.2) is 8.42 Å². The molecule has 0 fully saturated rings. The van der Waals surface area contributed by atoms with Crippen LogP contribution in [0.3, 0.4) is 0 Å². The monoisotopic (exact) mass is 619 g/mol. The standard InChI is InChI=1S/C30H35Cl2N3O5S/c1-6-27(29(37)33-30(2,3)4)34(19-21-7-9-22(31)10-8-21)28(36)20-35(24-13-11-23(32)12-14-24)41(38,39)26-17-15-25(40-5)16-18-26/h7-18,27H,6,19-20H2,1-5H3,(H,33,37)/t27-/m0/s1. The number of nitrogens with zero attached hydrogens (tertiary/aromatic N) is 2. The molecule has 0 aliphatic heterocycles.